The summed E-state index contributed by atoms with van der Waals surface area (Å²) >= 11 is 5.85. The van der Waals surface area contributed by atoms with Gasteiger partial charge in [-0.2, -0.15) is 0 Å². The lowest BCUT2D eigenvalue weighted by molar-refractivity contribution is 0.106. The Bertz CT molecular complexity index is 316. The normalized spacial score (nSPS) is 14.6. The average Bonchev–Trinajstić information content (AvgIpc) is 2.36. The van der Waals surface area contributed by atoms with Crippen LogP contribution in [0.5, 0.6) is 0 Å². The summed E-state index contributed by atoms with van der Waals surface area (Å²) in [6.07, 6.45) is 3.17. The topological polar surface area (TPSA) is 47.3 Å². The molecule has 3 nitrogen and oxygen atoms in total. The molecule has 0 saturated heterocycles. The van der Waals surface area contributed by atoms with Gasteiger partial charge in [0.2, 0.25) is 0 Å². The number of nitrogens with two attached hydrogens (primary N) is 1. The molecule has 0 amide bonds. The number of hydrogen-bond acceptors (Lipinski definition) is 3. The summed E-state index contributed by atoms with van der Waals surface area (Å²) in [6, 6.07) is 8.15. The highest BCUT2D eigenvalue weighted by Crippen LogP contribution is 2.13. The zero-order valence-corrected chi connectivity index (χ0v) is 11.2. The van der Waals surface area contributed by atoms with E-state index in [2.05, 4.69) is 12.3 Å². The largest absolute Gasteiger partial charge is 0.382 e. The first-order valence-electron chi connectivity index (χ1n) is 5.89. The molecule has 0 radical (unpaired) electrons. The molecule has 0 saturated carbocycles. The van der Waals surface area contributed by atoms with Crippen molar-refractivity contribution < 1.29 is 4.74 Å². The van der Waals surface area contributed by atoms with Gasteiger partial charge in [-0.05, 0) is 43.9 Å². The van der Waals surface area contributed by atoms with Gasteiger partial charge in [0.05, 0.1) is 6.10 Å². The van der Waals surface area contributed by atoms with Crippen LogP contribution >= 0.6 is 11.6 Å². The molecule has 0 heterocycles. The fraction of sp³-hybridized carbons (Fsp3) is 0.538. The van der Waals surface area contributed by atoms with E-state index < -0.39 is 0 Å². The Balaban J connectivity index is 2.43. The third-order valence-corrected chi connectivity index (χ3v) is 3.21. The minimum Gasteiger partial charge on any atom is -0.382 e. The van der Waals surface area contributed by atoms with Crippen LogP contribution in [0.4, 0.5) is 0 Å². The molecule has 0 bridgehead atoms. The van der Waals surface area contributed by atoms with Gasteiger partial charge < -0.3 is 4.74 Å². The second-order valence-corrected chi connectivity index (χ2v) is 4.75. The molecule has 3 N–H and O–H groups in total. The Hall–Kier alpha value is -0.610. The van der Waals surface area contributed by atoms with Gasteiger partial charge in [-0.25, -0.2) is 0 Å². The van der Waals surface area contributed by atoms with Crippen molar-refractivity contribution in [1.82, 2.24) is 5.43 Å². The van der Waals surface area contributed by atoms with Crippen LogP contribution in [0.2, 0.25) is 5.02 Å². The second-order valence-electron chi connectivity index (χ2n) is 4.32. The number of benzene rings is 1. The fourth-order valence-corrected chi connectivity index (χ4v) is 1.83. The molecule has 0 aliphatic carbocycles. The number of hydrazine groups is 1. The summed E-state index contributed by atoms with van der Waals surface area (Å²) in [4.78, 5) is 0. The Morgan fingerprint density at radius 2 is 1.94 bits per heavy atom. The summed E-state index contributed by atoms with van der Waals surface area (Å²) < 4.78 is 5.22. The maximum absolute atomic E-state index is 5.85. The van der Waals surface area contributed by atoms with Crippen LogP contribution in [-0.2, 0) is 11.2 Å². The van der Waals surface area contributed by atoms with Crippen molar-refractivity contribution in [3.05, 3.63) is 34.9 Å². The first kappa shape index (κ1) is 14.5. The molecule has 1 rings (SSSR count). The van der Waals surface area contributed by atoms with E-state index in [1.165, 1.54) is 5.56 Å². The van der Waals surface area contributed by atoms with Crippen molar-refractivity contribution in [1.29, 1.82) is 0 Å². The third kappa shape index (κ3) is 5.50. The van der Waals surface area contributed by atoms with Crippen molar-refractivity contribution in [3.63, 3.8) is 0 Å². The molecule has 1 aromatic carbocycles. The highest BCUT2D eigenvalue weighted by atomic mass is 35.5. The van der Waals surface area contributed by atoms with Crippen molar-refractivity contribution >= 4 is 11.6 Å². The molecule has 0 aromatic heterocycles. The quantitative estimate of drug-likeness (QED) is 0.582. The predicted molar refractivity (Wildman–Crippen MR) is 72.0 cm³/mol. The zero-order chi connectivity index (χ0) is 12.7. The molecule has 4 heteroatoms. The van der Waals surface area contributed by atoms with Gasteiger partial charge in [-0.15, -0.1) is 0 Å². The molecule has 1 aromatic rings. The van der Waals surface area contributed by atoms with Gasteiger partial charge in [0.1, 0.15) is 0 Å². The average molecular weight is 257 g/mol. The van der Waals surface area contributed by atoms with Crippen molar-refractivity contribution in [2.75, 3.05) is 7.11 Å². The van der Waals surface area contributed by atoms with Gasteiger partial charge in [-0.1, -0.05) is 23.7 Å². The maximum Gasteiger partial charge on any atom is 0.0543 e. The minimum atomic E-state index is 0.272. The van der Waals surface area contributed by atoms with Crippen LogP contribution in [0.3, 0.4) is 0 Å². The van der Waals surface area contributed by atoms with E-state index in [1.807, 2.05) is 24.3 Å². The van der Waals surface area contributed by atoms with E-state index >= 15 is 0 Å². The third-order valence-electron chi connectivity index (χ3n) is 2.96. The fourth-order valence-electron chi connectivity index (χ4n) is 1.70. The number of methoxy groups -OCH3 is 1. The lowest BCUT2D eigenvalue weighted by Crippen LogP contribution is -2.37. The van der Waals surface area contributed by atoms with E-state index in [4.69, 9.17) is 22.2 Å². The maximum atomic E-state index is 5.85. The number of rotatable bonds is 7. The van der Waals surface area contributed by atoms with E-state index in [-0.39, 0.29) is 12.1 Å². The van der Waals surface area contributed by atoms with Gasteiger partial charge in [-0.3, -0.25) is 11.3 Å². The molecule has 2 atom stereocenters. The first-order valence-corrected chi connectivity index (χ1v) is 6.27. The molecule has 2 unspecified atom stereocenters. The van der Waals surface area contributed by atoms with Gasteiger partial charge in [0.15, 0.2) is 0 Å². The molecular weight excluding hydrogens is 236 g/mol. The van der Waals surface area contributed by atoms with Gasteiger partial charge in [0, 0.05) is 18.2 Å². The molecule has 0 fully saturated rings. The Morgan fingerprint density at radius 3 is 2.47 bits per heavy atom. The van der Waals surface area contributed by atoms with Crippen LogP contribution in [0.25, 0.3) is 0 Å². The van der Waals surface area contributed by atoms with Crippen molar-refractivity contribution in [2.24, 2.45) is 5.84 Å². The summed E-state index contributed by atoms with van der Waals surface area (Å²) in [7, 11) is 1.73. The monoisotopic (exact) mass is 256 g/mol. The van der Waals surface area contributed by atoms with Gasteiger partial charge in [0.25, 0.3) is 0 Å². The molecule has 0 aliphatic rings. The number of ether oxygens (including phenoxy) is 1. The SMILES string of the molecule is COC(C)CCC(Cc1ccc(Cl)cc1)NN. The smallest absolute Gasteiger partial charge is 0.0543 e. The Morgan fingerprint density at radius 1 is 1.29 bits per heavy atom. The van der Waals surface area contributed by atoms with Crippen LogP contribution in [-0.4, -0.2) is 19.3 Å². The van der Waals surface area contributed by atoms with Gasteiger partial charge >= 0.3 is 0 Å². The van der Waals surface area contributed by atoms with E-state index in [0.29, 0.717) is 0 Å². The minimum absolute atomic E-state index is 0.272. The Kier molecular flexibility index (Phi) is 6.52. The summed E-state index contributed by atoms with van der Waals surface area (Å²) in [5, 5.41) is 0.763. The molecule has 96 valence electrons. The molecule has 17 heavy (non-hydrogen) atoms. The van der Waals surface area contributed by atoms with Crippen LogP contribution in [0.15, 0.2) is 24.3 Å². The number of hydrogen-bond donors (Lipinski definition) is 2. The number of nitrogens with one attached hydrogen (secondary N) is 1. The van der Waals surface area contributed by atoms with E-state index in [9.17, 15) is 0 Å². The number of halogens is 1. The van der Waals surface area contributed by atoms with E-state index in [1.54, 1.807) is 7.11 Å². The lowest BCUT2D eigenvalue weighted by Gasteiger charge is -2.18. The van der Waals surface area contributed by atoms with Crippen molar-refractivity contribution in [2.45, 2.75) is 38.3 Å². The standard InChI is InChI=1S/C13H21ClN2O/c1-10(17-2)3-8-13(16-15)9-11-4-6-12(14)7-5-11/h4-7,10,13,16H,3,8-9,15H2,1-2H3. The van der Waals surface area contributed by atoms with Crippen LogP contribution in [0, 0.1) is 0 Å². The molecule has 0 aliphatic heterocycles. The first-order chi connectivity index (χ1) is 8.15. The van der Waals surface area contributed by atoms with Crippen LogP contribution < -0.4 is 11.3 Å². The van der Waals surface area contributed by atoms with E-state index in [0.717, 1.165) is 24.3 Å². The lowest BCUT2D eigenvalue weighted by atomic mass is 10.0. The second kappa shape index (κ2) is 7.67. The summed E-state index contributed by atoms with van der Waals surface area (Å²) in [6.45, 7) is 2.07. The summed E-state index contributed by atoms with van der Waals surface area (Å²) in [5.74, 6) is 5.56. The van der Waals surface area contributed by atoms with Crippen LogP contribution in [0.1, 0.15) is 25.3 Å². The summed E-state index contributed by atoms with van der Waals surface area (Å²) in [5.41, 5.74) is 4.09. The van der Waals surface area contributed by atoms with Crippen molar-refractivity contribution in [3.8, 4) is 0 Å². The molecule has 0 spiro atoms. The molecular formula is C13H21ClN2O. The zero-order valence-electron chi connectivity index (χ0n) is 10.4. The highest BCUT2D eigenvalue weighted by molar-refractivity contribution is 6.30. The highest BCUT2D eigenvalue weighted by Gasteiger charge is 2.10. The Labute approximate surface area is 108 Å². The predicted octanol–water partition coefficient (Wildman–Crippen LogP) is 2.53.